The molecule has 154 valence electrons. The fraction of sp³-hybridized carbons (Fsp3) is 0.909. The average Bonchev–Trinajstić information content (AvgIpc) is 2.52. The lowest BCUT2D eigenvalue weighted by molar-refractivity contribution is -0.157. The number of carboxylic acids is 2. The molecule has 0 amide bonds. The highest BCUT2D eigenvalue weighted by molar-refractivity contribution is 5.81. The van der Waals surface area contributed by atoms with Crippen LogP contribution in [0.1, 0.15) is 111 Å². The van der Waals surface area contributed by atoms with Gasteiger partial charge in [-0.25, -0.2) is 0 Å². The summed E-state index contributed by atoms with van der Waals surface area (Å²) >= 11 is 0. The molecule has 0 aromatic rings. The predicted octanol–water partition coefficient (Wildman–Crippen LogP) is 6.53. The number of hydrogen-bond donors (Lipinski definition) is 2. The van der Waals surface area contributed by atoms with Gasteiger partial charge >= 0.3 is 11.9 Å². The standard InChI is InChI=1S/C22H42O4/c1-18(2)13-9-5-7-11-15-22(21(25)26,17-20(23)24)16-12-8-6-10-14-19(3)4/h18-19H,5-17H2,1-4H3,(H,23,24)(H,25,26). The molecular weight excluding hydrogens is 328 g/mol. The van der Waals surface area contributed by atoms with Crippen LogP contribution in [0.5, 0.6) is 0 Å². The summed E-state index contributed by atoms with van der Waals surface area (Å²) in [6.45, 7) is 8.85. The molecule has 0 aromatic heterocycles. The number of hydrogen-bond acceptors (Lipinski definition) is 2. The van der Waals surface area contributed by atoms with Gasteiger partial charge < -0.3 is 10.2 Å². The molecule has 0 unspecified atom stereocenters. The highest BCUT2D eigenvalue weighted by Gasteiger charge is 2.39. The first kappa shape index (κ1) is 24.9. The first-order valence-electron chi connectivity index (χ1n) is 10.6. The molecule has 0 saturated heterocycles. The molecule has 0 aromatic carbocycles. The van der Waals surface area contributed by atoms with Crippen LogP contribution in [0, 0.1) is 17.3 Å². The van der Waals surface area contributed by atoms with Crippen molar-refractivity contribution >= 4 is 11.9 Å². The molecule has 0 aliphatic heterocycles. The fourth-order valence-corrected chi connectivity index (χ4v) is 3.62. The Bertz CT molecular complexity index is 368. The molecule has 0 fully saturated rings. The van der Waals surface area contributed by atoms with Gasteiger partial charge in [-0.1, -0.05) is 91.9 Å². The highest BCUT2D eigenvalue weighted by atomic mass is 16.4. The molecule has 0 radical (unpaired) electrons. The minimum Gasteiger partial charge on any atom is -0.481 e. The second-order valence-corrected chi connectivity index (χ2v) is 8.85. The van der Waals surface area contributed by atoms with Crippen LogP contribution >= 0.6 is 0 Å². The first-order chi connectivity index (χ1) is 12.2. The Balaban J connectivity index is 4.41. The minimum atomic E-state index is -1.08. The molecule has 2 N–H and O–H groups in total. The predicted molar refractivity (Wildman–Crippen MR) is 107 cm³/mol. The number of aliphatic carboxylic acids is 2. The Morgan fingerprint density at radius 2 is 1.08 bits per heavy atom. The van der Waals surface area contributed by atoms with Crippen molar-refractivity contribution in [1.82, 2.24) is 0 Å². The summed E-state index contributed by atoms with van der Waals surface area (Å²) in [5.41, 5.74) is -1.08. The molecular formula is C22H42O4. The maximum atomic E-state index is 11.9. The molecule has 0 heterocycles. The third-order valence-electron chi connectivity index (χ3n) is 5.32. The van der Waals surface area contributed by atoms with Crippen molar-refractivity contribution < 1.29 is 19.8 Å². The molecule has 4 nitrogen and oxygen atoms in total. The molecule has 0 aliphatic rings. The van der Waals surface area contributed by atoms with E-state index in [9.17, 15) is 19.8 Å². The largest absolute Gasteiger partial charge is 0.481 e. The summed E-state index contributed by atoms with van der Waals surface area (Å²) in [6.07, 6.45) is 11.3. The second kappa shape index (κ2) is 14.1. The van der Waals surface area contributed by atoms with Gasteiger partial charge in [0.25, 0.3) is 0 Å². The van der Waals surface area contributed by atoms with E-state index in [0.29, 0.717) is 24.7 Å². The van der Waals surface area contributed by atoms with Crippen LogP contribution in [0.3, 0.4) is 0 Å². The number of rotatable bonds is 17. The molecule has 0 atom stereocenters. The van der Waals surface area contributed by atoms with Gasteiger partial charge in [0.15, 0.2) is 0 Å². The average molecular weight is 371 g/mol. The van der Waals surface area contributed by atoms with E-state index in [-0.39, 0.29) is 6.42 Å². The molecule has 0 spiro atoms. The monoisotopic (exact) mass is 370 g/mol. The quantitative estimate of drug-likeness (QED) is 0.286. The van der Waals surface area contributed by atoms with Gasteiger partial charge in [0.1, 0.15) is 0 Å². The van der Waals surface area contributed by atoms with Gasteiger partial charge in [-0.3, -0.25) is 9.59 Å². The van der Waals surface area contributed by atoms with Gasteiger partial charge in [-0.05, 0) is 24.7 Å². The lowest BCUT2D eigenvalue weighted by atomic mass is 9.75. The van der Waals surface area contributed by atoms with Crippen LogP contribution in [-0.2, 0) is 9.59 Å². The van der Waals surface area contributed by atoms with Crippen LogP contribution in [0.4, 0.5) is 0 Å². The van der Waals surface area contributed by atoms with E-state index < -0.39 is 17.4 Å². The van der Waals surface area contributed by atoms with Crippen molar-refractivity contribution in [2.75, 3.05) is 0 Å². The van der Waals surface area contributed by atoms with Crippen molar-refractivity contribution in [2.24, 2.45) is 17.3 Å². The Morgan fingerprint density at radius 1 is 0.692 bits per heavy atom. The molecule has 26 heavy (non-hydrogen) atoms. The maximum absolute atomic E-state index is 11.9. The van der Waals surface area contributed by atoms with E-state index in [4.69, 9.17) is 0 Å². The molecule has 0 rings (SSSR count). The van der Waals surface area contributed by atoms with E-state index in [0.717, 1.165) is 38.5 Å². The number of carboxylic acid groups (broad SMARTS) is 2. The second-order valence-electron chi connectivity index (χ2n) is 8.85. The van der Waals surface area contributed by atoms with Crippen molar-refractivity contribution in [3.8, 4) is 0 Å². The molecule has 4 heteroatoms. The zero-order chi connectivity index (χ0) is 20.0. The zero-order valence-electron chi connectivity index (χ0n) is 17.6. The van der Waals surface area contributed by atoms with Gasteiger partial charge in [0.2, 0.25) is 0 Å². The van der Waals surface area contributed by atoms with Crippen LogP contribution < -0.4 is 0 Å². The molecule has 0 aliphatic carbocycles. The fourth-order valence-electron chi connectivity index (χ4n) is 3.62. The third kappa shape index (κ3) is 12.3. The van der Waals surface area contributed by atoms with E-state index in [1.165, 1.54) is 25.7 Å². The third-order valence-corrected chi connectivity index (χ3v) is 5.32. The Hall–Kier alpha value is -1.06. The van der Waals surface area contributed by atoms with E-state index in [2.05, 4.69) is 27.7 Å². The summed E-state index contributed by atoms with van der Waals surface area (Å²) in [6, 6.07) is 0. The van der Waals surface area contributed by atoms with Crippen molar-refractivity contribution in [2.45, 2.75) is 111 Å². The Labute approximate surface area is 160 Å². The maximum Gasteiger partial charge on any atom is 0.310 e. The summed E-state index contributed by atoms with van der Waals surface area (Å²) < 4.78 is 0. The van der Waals surface area contributed by atoms with Crippen LogP contribution in [0.15, 0.2) is 0 Å². The van der Waals surface area contributed by atoms with Gasteiger partial charge in [-0.2, -0.15) is 0 Å². The zero-order valence-corrected chi connectivity index (χ0v) is 17.6. The van der Waals surface area contributed by atoms with E-state index >= 15 is 0 Å². The summed E-state index contributed by atoms with van der Waals surface area (Å²) in [7, 11) is 0. The SMILES string of the molecule is CC(C)CCCCCCC(CCCCCCC(C)C)(CC(=O)O)C(=O)O. The lowest BCUT2D eigenvalue weighted by Crippen LogP contribution is -2.33. The van der Waals surface area contributed by atoms with Crippen LogP contribution in [0.25, 0.3) is 0 Å². The topological polar surface area (TPSA) is 74.6 Å². The lowest BCUT2D eigenvalue weighted by Gasteiger charge is -2.28. The normalized spacial score (nSPS) is 12.1. The first-order valence-corrected chi connectivity index (χ1v) is 10.6. The van der Waals surface area contributed by atoms with Crippen LogP contribution in [0.2, 0.25) is 0 Å². The Kier molecular flexibility index (Phi) is 13.5. The number of unbranched alkanes of at least 4 members (excludes halogenated alkanes) is 6. The molecule has 0 saturated carbocycles. The van der Waals surface area contributed by atoms with Crippen LogP contribution in [-0.4, -0.2) is 22.2 Å². The summed E-state index contributed by atoms with van der Waals surface area (Å²) in [4.78, 5) is 23.2. The van der Waals surface area contributed by atoms with Gasteiger partial charge in [0, 0.05) is 0 Å². The minimum absolute atomic E-state index is 0.250. The highest BCUT2D eigenvalue weighted by Crippen LogP contribution is 2.36. The van der Waals surface area contributed by atoms with Gasteiger partial charge in [-0.15, -0.1) is 0 Å². The molecule has 0 bridgehead atoms. The van der Waals surface area contributed by atoms with Gasteiger partial charge in [0.05, 0.1) is 11.8 Å². The smallest absolute Gasteiger partial charge is 0.310 e. The summed E-state index contributed by atoms with van der Waals surface area (Å²) in [5, 5.41) is 19.0. The number of carbonyl (C=O) groups is 2. The summed E-state index contributed by atoms with van der Waals surface area (Å²) in [5.74, 6) is -0.511. The van der Waals surface area contributed by atoms with Crippen molar-refractivity contribution in [1.29, 1.82) is 0 Å². The van der Waals surface area contributed by atoms with E-state index in [1.54, 1.807) is 0 Å². The van der Waals surface area contributed by atoms with Crippen molar-refractivity contribution in [3.05, 3.63) is 0 Å². The Morgan fingerprint density at radius 3 is 1.38 bits per heavy atom. The van der Waals surface area contributed by atoms with E-state index in [1.807, 2.05) is 0 Å². The van der Waals surface area contributed by atoms with Crippen molar-refractivity contribution in [3.63, 3.8) is 0 Å².